The second-order valence-electron chi connectivity index (χ2n) is 8.37. The molecule has 0 saturated carbocycles. The number of rotatable bonds is 4. The Morgan fingerprint density at radius 3 is 2.74 bits per heavy atom. The molecule has 0 bridgehead atoms. The van der Waals surface area contributed by atoms with Crippen LogP contribution in [-0.2, 0) is 17.7 Å². The number of aromatic amines is 1. The number of aromatic nitrogens is 3. The maximum atomic E-state index is 12.9. The number of H-pyrrole nitrogens is 1. The summed E-state index contributed by atoms with van der Waals surface area (Å²) >= 11 is 0. The number of imide groups is 1. The fraction of sp³-hybridized carbons (Fsp3) is 0.304. The van der Waals surface area contributed by atoms with Crippen molar-refractivity contribution < 1.29 is 14.3 Å². The first-order valence-corrected chi connectivity index (χ1v) is 10.2. The van der Waals surface area contributed by atoms with Crippen LogP contribution in [-0.4, -0.2) is 44.0 Å². The first kappa shape index (κ1) is 20.6. The number of hydrogen-bond acceptors (Lipinski definition) is 6. The number of fused-ring (bicyclic) bond motifs is 1. The number of benzene rings is 1. The van der Waals surface area contributed by atoms with Crippen LogP contribution < -0.4 is 5.32 Å². The van der Waals surface area contributed by atoms with Crippen LogP contribution in [0.2, 0.25) is 0 Å². The molecular weight excluding hydrogens is 394 g/mol. The molecule has 160 valence electrons. The van der Waals surface area contributed by atoms with Gasteiger partial charge in [-0.3, -0.25) is 4.79 Å². The molecule has 0 fully saturated rings. The Hall–Kier alpha value is -3.68. The molecule has 2 N–H and O–H groups in total. The van der Waals surface area contributed by atoms with Gasteiger partial charge in [-0.15, -0.1) is 0 Å². The van der Waals surface area contributed by atoms with Crippen molar-refractivity contribution in [3.63, 3.8) is 0 Å². The monoisotopic (exact) mass is 419 g/mol. The van der Waals surface area contributed by atoms with Gasteiger partial charge in [0.2, 0.25) is 5.95 Å². The van der Waals surface area contributed by atoms with E-state index in [1.165, 1.54) is 0 Å². The summed E-state index contributed by atoms with van der Waals surface area (Å²) in [5.74, 6) is 0.130. The number of nitrogens with zero attached hydrogens (tertiary/aromatic N) is 3. The predicted molar refractivity (Wildman–Crippen MR) is 117 cm³/mol. The van der Waals surface area contributed by atoms with E-state index in [1.54, 1.807) is 39.1 Å². The third-order valence-corrected chi connectivity index (χ3v) is 4.80. The molecule has 4 rings (SSSR count). The van der Waals surface area contributed by atoms with Gasteiger partial charge < -0.3 is 15.0 Å². The quantitative estimate of drug-likeness (QED) is 0.663. The molecule has 0 saturated heterocycles. The fourth-order valence-electron chi connectivity index (χ4n) is 3.36. The molecular formula is C23H25N5O3. The SMILES string of the molecule is CC(C)(C)OC(=O)N1CCc2[nH]c(-c3ccnc(NCc4ccccc4)n3)cc2C1=O. The molecule has 2 amide bonds. The molecule has 1 aliphatic heterocycles. The van der Waals surface area contributed by atoms with Gasteiger partial charge in [-0.25, -0.2) is 19.7 Å². The van der Waals surface area contributed by atoms with Gasteiger partial charge in [0, 0.05) is 31.4 Å². The van der Waals surface area contributed by atoms with Crippen LogP contribution >= 0.6 is 0 Å². The summed E-state index contributed by atoms with van der Waals surface area (Å²) in [4.78, 5) is 38.5. The van der Waals surface area contributed by atoms with Crippen molar-refractivity contribution in [2.45, 2.75) is 39.3 Å². The summed E-state index contributed by atoms with van der Waals surface area (Å²) in [7, 11) is 0. The van der Waals surface area contributed by atoms with E-state index in [0.717, 1.165) is 16.2 Å². The van der Waals surface area contributed by atoms with Crippen molar-refractivity contribution >= 4 is 17.9 Å². The normalized spacial score (nSPS) is 13.6. The lowest BCUT2D eigenvalue weighted by atomic mass is 10.1. The minimum absolute atomic E-state index is 0.272. The number of amides is 2. The van der Waals surface area contributed by atoms with E-state index in [4.69, 9.17) is 4.74 Å². The van der Waals surface area contributed by atoms with Gasteiger partial charge in [-0.05, 0) is 38.5 Å². The maximum Gasteiger partial charge on any atom is 0.417 e. The van der Waals surface area contributed by atoms with Gasteiger partial charge in [0.15, 0.2) is 0 Å². The summed E-state index contributed by atoms with van der Waals surface area (Å²) in [6.07, 6.45) is 1.58. The molecule has 1 aromatic carbocycles. The Labute approximate surface area is 180 Å². The van der Waals surface area contributed by atoms with E-state index in [9.17, 15) is 9.59 Å². The molecule has 0 spiro atoms. The number of nitrogens with one attached hydrogen (secondary N) is 2. The number of hydrogen-bond donors (Lipinski definition) is 2. The first-order valence-electron chi connectivity index (χ1n) is 10.2. The van der Waals surface area contributed by atoms with E-state index < -0.39 is 11.7 Å². The van der Waals surface area contributed by atoms with Crippen LogP contribution in [0.5, 0.6) is 0 Å². The van der Waals surface area contributed by atoms with Crippen LogP contribution in [0, 0.1) is 0 Å². The zero-order valence-corrected chi connectivity index (χ0v) is 17.8. The molecule has 8 heteroatoms. The lowest BCUT2D eigenvalue weighted by Gasteiger charge is -2.28. The van der Waals surface area contributed by atoms with Gasteiger partial charge in [-0.1, -0.05) is 30.3 Å². The van der Waals surface area contributed by atoms with Crippen molar-refractivity contribution in [1.82, 2.24) is 19.9 Å². The highest BCUT2D eigenvalue weighted by Gasteiger charge is 2.33. The summed E-state index contributed by atoms with van der Waals surface area (Å²) in [6.45, 7) is 6.20. The maximum absolute atomic E-state index is 12.9. The Kier molecular flexibility index (Phi) is 5.46. The smallest absolute Gasteiger partial charge is 0.417 e. The Morgan fingerprint density at radius 1 is 1.23 bits per heavy atom. The molecule has 1 aliphatic rings. The number of carbonyl (C=O) groups is 2. The highest BCUT2D eigenvalue weighted by molar-refractivity contribution is 6.05. The summed E-state index contributed by atoms with van der Waals surface area (Å²) in [5.41, 5.74) is 3.08. The molecule has 0 aliphatic carbocycles. The lowest BCUT2D eigenvalue weighted by molar-refractivity contribution is 0.0233. The second-order valence-corrected chi connectivity index (χ2v) is 8.37. The summed E-state index contributed by atoms with van der Waals surface area (Å²) < 4.78 is 5.36. The van der Waals surface area contributed by atoms with Crippen LogP contribution in [0.15, 0.2) is 48.7 Å². The molecule has 0 atom stereocenters. The van der Waals surface area contributed by atoms with Crippen molar-refractivity contribution in [3.05, 3.63) is 65.5 Å². The average molecular weight is 419 g/mol. The van der Waals surface area contributed by atoms with Crippen LogP contribution in [0.3, 0.4) is 0 Å². The van der Waals surface area contributed by atoms with E-state index in [-0.39, 0.29) is 12.5 Å². The standard InChI is InChI=1S/C23H25N5O3/c1-23(2,3)31-22(30)28-12-10-17-16(20(28)29)13-19(26-17)18-9-11-24-21(27-18)25-14-15-7-5-4-6-8-15/h4-9,11,13,26H,10,12,14H2,1-3H3,(H,24,25,27). The third kappa shape index (κ3) is 4.74. The first-order chi connectivity index (χ1) is 14.8. The number of anilines is 1. The molecule has 3 aromatic rings. The van der Waals surface area contributed by atoms with Crippen LogP contribution in [0.4, 0.5) is 10.7 Å². The van der Waals surface area contributed by atoms with E-state index in [0.29, 0.717) is 35.9 Å². The largest absolute Gasteiger partial charge is 0.443 e. The van der Waals surface area contributed by atoms with Crippen molar-refractivity contribution in [2.24, 2.45) is 0 Å². The summed E-state index contributed by atoms with van der Waals surface area (Å²) in [5, 5.41) is 3.21. The highest BCUT2D eigenvalue weighted by atomic mass is 16.6. The van der Waals surface area contributed by atoms with Gasteiger partial charge in [-0.2, -0.15) is 0 Å². The molecule has 8 nitrogen and oxygen atoms in total. The van der Waals surface area contributed by atoms with E-state index >= 15 is 0 Å². The minimum atomic E-state index is -0.662. The fourth-order valence-corrected chi connectivity index (χ4v) is 3.36. The molecule has 3 heterocycles. The lowest BCUT2D eigenvalue weighted by Crippen LogP contribution is -2.44. The molecule has 0 radical (unpaired) electrons. The van der Waals surface area contributed by atoms with Crippen molar-refractivity contribution in [3.8, 4) is 11.4 Å². The van der Waals surface area contributed by atoms with Gasteiger partial charge >= 0.3 is 6.09 Å². The van der Waals surface area contributed by atoms with Crippen molar-refractivity contribution in [2.75, 3.05) is 11.9 Å². The Balaban J connectivity index is 1.51. The second kappa shape index (κ2) is 8.22. The number of carbonyl (C=O) groups excluding carboxylic acids is 2. The van der Waals surface area contributed by atoms with Crippen LogP contribution in [0.25, 0.3) is 11.4 Å². The zero-order chi connectivity index (χ0) is 22.0. The number of ether oxygens (including phenoxy) is 1. The summed E-state index contributed by atoms with van der Waals surface area (Å²) in [6, 6.07) is 13.5. The predicted octanol–water partition coefficient (Wildman–Crippen LogP) is 4.02. The van der Waals surface area contributed by atoms with Crippen LogP contribution in [0.1, 0.15) is 42.4 Å². The van der Waals surface area contributed by atoms with Gasteiger partial charge in [0.1, 0.15) is 5.60 Å². The topological polar surface area (TPSA) is 100 Å². The molecule has 0 unspecified atom stereocenters. The molecule has 2 aromatic heterocycles. The zero-order valence-electron chi connectivity index (χ0n) is 17.8. The Bertz CT molecular complexity index is 1100. The average Bonchev–Trinajstić information content (AvgIpc) is 3.18. The van der Waals surface area contributed by atoms with Gasteiger partial charge in [0.05, 0.1) is 17.0 Å². The highest BCUT2D eigenvalue weighted by Crippen LogP contribution is 2.26. The Morgan fingerprint density at radius 2 is 2.00 bits per heavy atom. The third-order valence-electron chi connectivity index (χ3n) is 4.80. The minimum Gasteiger partial charge on any atom is -0.443 e. The van der Waals surface area contributed by atoms with E-state index in [2.05, 4.69) is 20.3 Å². The molecule has 31 heavy (non-hydrogen) atoms. The van der Waals surface area contributed by atoms with Gasteiger partial charge in [0.25, 0.3) is 5.91 Å². The van der Waals surface area contributed by atoms with E-state index in [1.807, 2.05) is 30.3 Å². The van der Waals surface area contributed by atoms with Crippen molar-refractivity contribution in [1.29, 1.82) is 0 Å².